The normalized spacial score (nSPS) is 24.2. The lowest BCUT2D eigenvalue weighted by molar-refractivity contribution is -0.175. The zero-order valence-electron chi connectivity index (χ0n) is 15.4. The Morgan fingerprint density at radius 1 is 1.04 bits per heavy atom. The van der Waals surface area contributed by atoms with E-state index >= 15 is 0 Å². The highest BCUT2D eigenvalue weighted by Gasteiger charge is 2.49. The van der Waals surface area contributed by atoms with Crippen LogP contribution in [-0.4, -0.2) is 59.1 Å². The predicted molar refractivity (Wildman–Crippen MR) is 94.4 cm³/mol. The van der Waals surface area contributed by atoms with Gasteiger partial charge in [-0.25, -0.2) is 0 Å². The molecule has 0 saturated heterocycles. The van der Waals surface area contributed by atoms with E-state index in [1.807, 2.05) is 0 Å². The minimum atomic E-state index is -1.51. The van der Waals surface area contributed by atoms with Crippen LogP contribution in [0, 0.1) is 11.3 Å². The Balaban J connectivity index is 2.76. The molecule has 1 saturated carbocycles. The Kier molecular flexibility index (Phi) is 8.52. The van der Waals surface area contributed by atoms with Crippen LogP contribution in [0.5, 0.6) is 0 Å². The van der Waals surface area contributed by atoms with Gasteiger partial charge in [0, 0.05) is 0 Å². The van der Waals surface area contributed by atoms with Gasteiger partial charge in [0.2, 0.25) is 0 Å². The van der Waals surface area contributed by atoms with Crippen LogP contribution in [0.2, 0.25) is 0 Å². The molecular formula is C19H26O8. The zero-order chi connectivity index (χ0) is 20.6. The standard InChI is InChI=1S/C19H26O8/c1-4-13(20)15(22)10-26-17(24)12-8-6-7-9-19(12,3)18(25)27-11-16(23)14(21)5-2/h4-5,12,15-16,22-23H,1-2,6-11H2,3H3. The van der Waals surface area contributed by atoms with E-state index < -0.39 is 60.3 Å². The second-order valence-electron chi connectivity index (χ2n) is 6.69. The number of hydrogen-bond acceptors (Lipinski definition) is 8. The van der Waals surface area contributed by atoms with Gasteiger partial charge in [0.15, 0.2) is 23.8 Å². The summed E-state index contributed by atoms with van der Waals surface area (Å²) in [5, 5.41) is 19.2. The van der Waals surface area contributed by atoms with Crippen molar-refractivity contribution in [3.8, 4) is 0 Å². The SMILES string of the molecule is C=CC(=O)C(O)COC(=O)C1CCCCC1(C)C(=O)OCC(O)C(=O)C=C. The molecule has 0 bridgehead atoms. The Morgan fingerprint density at radius 2 is 1.56 bits per heavy atom. The Hall–Kier alpha value is -2.32. The summed E-state index contributed by atoms with van der Waals surface area (Å²) < 4.78 is 10.1. The summed E-state index contributed by atoms with van der Waals surface area (Å²) in [7, 11) is 0. The largest absolute Gasteiger partial charge is 0.462 e. The molecule has 4 unspecified atom stereocenters. The molecular weight excluding hydrogens is 356 g/mol. The molecule has 8 nitrogen and oxygen atoms in total. The number of hydrogen-bond donors (Lipinski definition) is 2. The summed E-state index contributed by atoms with van der Waals surface area (Å²) in [5.74, 6) is -3.60. The van der Waals surface area contributed by atoms with E-state index in [-0.39, 0.29) is 0 Å². The maximum absolute atomic E-state index is 12.5. The monoisotopic (exact) mass is 382 g/mol. The van der Waals surface area contributed by atoms with E-state index in [1.165, 1.54) is 0 Å². The summed E-state index contributed by atoms with van der Waals surface area (Å²) in [6.45, 7) is 6.97. The van der Waals surface area contributed by atoms with Crippen molar-refractivity contribution in [3.63, 3.8) is 0 Å². The molecule has 1 aliphatic rings. The first-order chi connectivity index (χ1) is 12.7. The van der Waals surface area contributed by atoms with Crippen molar-refractivity contribution in [2.24, 2.45) is 11.3 Å². The lowest BCUT2D eigenvalue weighted by Gasteiger charge is -2.37. The van der Waals surface area contributed by atoms with E-state index in [2.05, 4.69) is 13.2 Å². The molecule has 4 atom stereocenters. The predicted octanol–water partition coefficient (Wildman–Crippen LogP) is 0.501. The highest BCUT2D eigenvalue weighted by atomic mass is 16.6. The molecule has 27 heavy (non-hydrogen) atoms. The Bertz CT molecular complexity index is 611. The fraction of sp³-hybridized carbons (Fsp3) is 0.579. The number of aliphatic hydroxyl groups excluding tert-OH is 2. The van der Waals surface area contributed by atoms with Gasteiger partial charge >= 0.3 is 11.9 Å². The van der Waals surface area contributed by atoms with Crippen molar-refractivity contribution in [1.82, 2.24) is 0 Å². The first-order valence-corrected chi connectivity index (χ1v) is 8.70. The lowest BCUT2D eigenvalue weighted by Crippen LogP contribution is -2.45. The number of aliphatic hydroxyl groups is 2. The molecule has 0 amide bonds. The summed E-state index contributed by atoms with van der Waals surface area (Å²) in [5.41, 5.74) is -1.19. The molecule has 150 valence electrons. The van der Waals surface area contributed by atoms with Gasteiger partial charge in [-0.05, 0) is 31.9 Å². The first-order valence-electron chi connectivity index (χ1n) is 8.70. The van der Waals surface area contributed by atoms with E-state index in [9.17, 15) is 29.4 Å². The van der Waals surface area contributed by atoms with Crippen molar-refractivity contribution in [2.45, 2.75) is 44.8 Å². The van der Waals surface area contributed by atoms with Gasteiger partial charge in [-0.15, -0.1) is 0 Å². The average molecular weight is 382 g/mol. The number of carbonyl (C=O) groups is 4. The van der Waals surface area contributed by atoms with Crippen molar-refractivity contribution < 1.29 is 38.9 Å². The molecule has 0 heterocycles. The molecule has 1 rings (SSSR count). The maximum atomic E-state index is 12.5. The van der Waals surface area contributed by atoms with Gasteiger partial charge in [0.05, 0.1) is 11.3 Å². The number of carbonyl (C=O) groups excluding carboxylic acids is 4. The second-order valence-corrected chi connectivity index (χ2v) is 6.69. The number of ketones is 2. The lowest BCUT2D eigenvalue weighted by atomic mass is 9.67. The molecule has 0 aliphatic heterocycles. The Morgan fingerprint density at radius 3 is 2.07 bits per heavy atom. The molecule has 2 N–H and O–H groups in total. The first kappa shape index (κ1) is 22.7. The molecule has 0 aromatic rings. The third-order valence-corrected chi connectivity index (χ3v) is 4.77. The molecule has 0 aromatic carbocycles. The van der Waals surface area contributed by atoms with Crippen LogP contribution < -0.4 is 0 Å². The fourth-order valence-electron chi connectivity index (χ4n) is 2.97. The van der Waals surface area contributed by atoms with Crippen LogP contribution >= 0.6 is 0 Å². The van der Waals surface area contributed by atoms with Gasteiger partial charge in [-0.1, -0.05) is 26.0 Å². The third-order valence-electron chi connectivity index (χ3n) is 4.77. The highest BCUT2D eigenvalue weighted by molar-refractivity contribution is 5.94. The van der Waals surface area contributed by atoms with Gasteiger partial charge in [-0.3, -0.25) is 19.2 Å². The minimum Gasteiger partial charge on any atom is -0.462 e. The van der Waals surface area contributed by atoms with Crippen LogP contribution in [0.3, 0.4) is 0 Å². The zero-order valence-corrected chi connectivity index (χ0v) is 15.4. The average Bonchev–Trinajstić information content (AvgIpc) is 2.68. The quantitative estimate of drug-likeness (QED) is 0.413. The van der Waals surface area contributed by atoms with Gasteiger partial charge in [-0.2, -0.15) is 0 Å². The van der Waals surface area contributed by atoms with Crippen LogP contribution in [0.15, 0.2) is 25.3 Å². The number of ether oxygens (including phenoxy) is 2. The molecule has 8 heteroatoms. The topological polar surface area (TPSA) is 127 Å². The number of rotatable bonds is 10. The summed E-state index contributed by atoms with van der Waals surface area (Å²) >= 11 is 0. The van der Waals surface area contributed by atoms with E-state index in [0.29, 0.717) is 25.7 Å². The minimum absolute atomic E-state index is 0.366. The molecule has 1 aliphatic carbocycles. The third kappa shape index (κ3) is 5.83. The molecule has 0 spiro atoms. The van der Waals surface area contributed by atoms with E-state index in [1.54, 1.807) is 6.92 Å². The Labute approximate surface area is 157 Å². The fourth-order valence-corrected chi connectivity index (χ4v) is 2.97. The molecule has 1 fully saturated rings. The van der Waals surface area contributed by atoms with Gasteiger partial charge in [0.25, 0.3) is 0 Å². The van der Waals surface area contributed by atoms with Crippen LogP contribution in [0.4, 0.5) is 0 Å². The maximum Gasteiger partial charge on any atom is 0.312 e. The van der Waals surface area contributed by atoms with Crippen molar-refractivity contribution in [3.05, 3.63) is 25.3 Å². The summed E-state index contributed by atoms with van der Waals surface area (Å²) in [4.78, 5) is 47.5. The summed E-state index contributed by atoms with van der Waals surface area (Å²) in [6.07, 6.45) is 0.982. The van der Waals surface area contributed by atoms with Crippen molar-refractivity contribution in [1.29, 1.82) is 0 Å². The van der Waals surface area contributed by atoms with Crippen LogP contribution in [0.1, 0.15) is 32.6 Å². The van der Waals surface area contributed by atoms with Crippen molar-refractivity contribution >= 4 is 23.5 Å². The van der Waals surface area contributed by atoms with Crippen LogP contribution in [0.25, 0.3) is 0 Å². The number of esters is 2. The van der Waals surface area contributed by atoms with E-state index in [0.717, 1.165) is 12.2 Å². The second kappa shape index (κ2) is 10.1. The molecule has 0 radical (unpaired) electrons. The van der Waals surface area contributed by atoms with Crippen LogP contribution in [-0.2, 0) is 28.7 Å². The summed E-state index contributed by atoms with van der Waals surface area (Å²) in [6, 6.07) is 0. The smallest absolute Gasteiger partial charge is 0.312 e. The van der Waals surface area contributed by atoms with E-state index in [4.69, 9.17) is 9.47 Å². The molecule has 0 aromatic heterocycles. The van der Waals surface area contributed by atoms with Crippen molar-refractivity contribution in [2.75, 3.05) is 13.2 Å². The van der Waals surface area contributed by atoms with Gasteiger partial charge < -0.3 is 19.7 Å². The highest BCUT2D eigenvalue weighted by Crippen LogP contribution is 2.42. The van der Waals surface area contributed by atoms with Gasteiger partial charge in [0.1, 0.15) is 13.2 Å².